The number of carbonyl (C=O) groups excluding carboxylic acids is 1. The topological polar surface area (TPSA) is 20.3 Å². The van der Waals surface area contributed by atoms with E-state index < -0.39 is 0 Å². The third-order valence-electron chi connectivity index (χ3n) is 4.90. The van der Waals surface area contributed by atoms with Gasteiger partial charge in [-0.15, -0.1) is 0 Å². The highest BCUT2D eigenvalue weighted by Gasteiger charge is 2.38. The number of nitrogens with zero attached hydrogens (tertiary/aromatic N) is 1. The van der Waals surface area contributed by atoms with Crippen LogP contribution < -0.4 is 0 Å². The van der Waals surface area contributed by atoms with Gasteiger partial charge in [0.1, 0.15) is 5.82 Å². The summed E-state index contributed by atoms with van der Waals surface area (Å²) in [5, 5.41) is 0. The van der Waals surface area contributed by atoms with Crippen LogP contribution in [-0.2, 0) is 6.54 Å². The number of halogens is 1. The second-order valence-electron chi connectivity index (χ2n) is 6.33. The van der Waals surface area contributed by atoms with Crippen LogP contribution in [0.3, 0.4) is 0 Å². The summed E-state index contributed by atoms with van der Waals surface area (Å²) in [6.45, 7) is 0.511. The SMILES string of the molecule is O=C1c2ccc(F)cc2C2=C(c3ccccc3)c3ccccc3CN12. The van der Waals surface area contributed by atoms with E-state index in [-0.39, 0.29) is 11.7 Å². The number of hydrogen-bond acceptors (Lipinski definition) is 1. The molecule has 2 heterocycles. The number of fused-ring (bicyclic) bond motifs is 4. The molecule has 0 aliphatic carbocycles. The summed E-state index contributed by atoms with van der Waals surface area (Å²) < 4.78 is 13.9. The summed E-state index contributed by atoms with van der Waals surface area (Å²) in [5.74, 6) is -0.389. The van der Waals surface area contributed by atoms with E-state index in [0.717, 1.165) is 28.0 Å². The Labute approximate surface area is 144 Å². The van der Waals surface area contributed by atoms with Crippen molar-refractivity contribution in [1.29, 1.82) is 0 Å². The minimum Gasteiger partial charge on any atom is -0.303 e. The molecule has 5 rings (SSSR count). The molecule has 0 aromatic heterocycles. The van der Waals surface area contributed by atoms with Crippen molar-refractivity contribution < 1.29 is 9.18 Å². The molecule has 0 radical (unpaired) electrons. The zero-order chi connectivity index (χ0) is 17.0. The van der Waals surface area contributed by atoms with Gasteiger partial charge in [0.15, 0.2) is 0 Å². The maximum atomic E-state index is 13.9. The molecular weight excluding hydrogens is 313 g/mol. The highest BCUT2D eigenvalue weighted by molar-refractivity contribution is 6.16. The predicted molar refractivity (Wildman–Crippen MR) is 95.1 cm³/mol. The maximum Gasteiger partial charge on any atom is 0.259 e. The van der Waals surface area contributed by atoms with Gasteiger partial charge in [-0.2, -0.15) is 0 Å². The van der Waals surface area contributed by atoms with E-state index in [1.807, 2.05) is 48.5 Å². The Kier molecular flexibility index (Phi) is 2.92. The summed E-state index contributed by atoms with van der Waals surface area (Å²) in [5.41, 5.74) is 6.27. The van der Waals surface area contributed by atoms with Gasteiger partial charge in [-0.05, 0) is 34.9 Å². The van der Waals surface area contributed by atoms with Gasteiger partial charge in [0.25, 0.3) is 5.91 Å². The highest BCUT2D eigenvalue weighted by atomic mass is 19.1. The molecule has 0 N–H and O–H groups in total. The zero-order valence-electron chi connectivity index (χ0n) is 13.4. The molecule has 25 heavy (non-hydrogen) atoms. The number of carbonyl (C=O) groups is 1. The van der Waals surface area contributed by atoms with E-state index >= 15 is 0 Å². The van der Waals surface area contributed by atoms with Crippen molar-refractivity contribution in [2.24, 2.45) is 0 Å². The summed E-state index contributed by atoms with van der Waals surface area (Å²) in [4.78, 5) is 14.7. The highest BCUT2D eigenvalue weighted by Crippen LogP contribution is 2.46. The molecule has 3 aromatic rings. The Bertz CT molecular complexity index is 1050. The van der Waals surface area contributed by atoms with E-state index in [1.54, 1.807) is 11.0 Å². The lowest BCUT2D eigenvalue weighted by Gasteiger charge is -2.29. The van der Waals surface area contributed by atoms with Crippen molar-refractivity contribution in [3.63, 3.8) is 0 Å². The van der Waals surface area contributed by atoms with Gasteiger partial charge in [0.2, 0.25) is 0 Å². The Balaban J connectivity index is 1.90. The molecule has 0 saturated heterocycles. The summed E-state index contributed by atoms with van der Waals surface area (Å²) in [6, 6.07) is 22.5. The standard InChI is InChI=1S/C22H14FNO/c23-16-10-11-18-19(12-16)21-20(14-6-2-1-3-7-14)17-9-5-4-8-15(17)13-24(21)22(18)25/h1-12H,13H2. The largest absolute Gasteiger partial charge is 0.303 e. The number of benzene rings is 3. The second kappa shape index (κ2) is 5.15. The Morgan fingerprint density at radius 2 is 1.56 bits per heavy atom. The fraction of sp³-hybridized carbons (Fsp3) is 0.0455. The smallest absolute Gasteiger partial charge is 0.259 e. The molecule has 2 aliphatic rings. The maximum absolute atomic E-state index is 13.9. The fourth-order valence-corrected chi connectivity index (χ4v) is 3.81. The first-order valence-corrected chi connectivity index (χ1v) is 8.24. The van der Waals surface area contributed by atoms with Crippen LogP contribution in [-0.4, -0.2) is 10.8 Å². The van der Waals surface area contributed by atoms with Gasteiger partial charge in [0.05, 0.1) is 12.2 Å². The molecule has 1 amide bonds. The molecule has 0 saturated carbocycles. The lowest BCUT2D eigenvalue weighted by atomic mass is 9.87. The minimum atomic E-state index is -0.327. The zero-order valence-corrected chi connectivity index (χ0v) is 13.4. The number of amides is 1. The second-order valence-corrected chi connectivity index (χ2v) is 6.33. The summed E-state index contributed by atoms with van der Waals surface area (Å²) in [6.07, 6.45) is 0. The van der Waals surface area contributed by atoms with Gasteiger partial charge in [-0.3, -0.25) is 4.79 Å². The van der Waals surface area contributed by atoms with Crippen molar-refractivity contribution in [1.82, 2.24) is 4.90 Å². The molecule has 2 nitrogen and oxygen atoms in total. The lowest BCUT2D eigenvalue weighted by molar-refractivity contribution is 0.0842. The first kappa shape index (κ1) is 14.2. The number of hydrogen-bond donors (Lipinski definition) is 0. The minimum absolute atomic E-state index is 0.0621. The Morgan fingerprint density at radius 3 is 2.40 bits per heavy atom. The monoisotopic (exact) mass is 327 g/mol. The molecule has 0 fully saturated rings. The first-order valence-electron chi connectivity index (χ1n) is 8.24. The molecule has 120 valence electrons. The molecule has 2 aliphatic heterocycles. The third kappa shape index (κ3) is 1.99. The van der Waals surface area contributed by atoms with Gasteiger partial charge >= 0.3 is 0 Å². The van der Waals surface area contributed by atoms with Gasteiger partial charge in [-0.1, -0.05) is 54.6 Å². The molecule has 0 unspecified atom stereocenters. The van der Waals surface area contributed by atoms with E-state index in [2.05, 4.69) is 6.07 Å². The lowest BCUT2D eigenvalue weighted by Crippen LogP contribution is -2.27. The van der Waals surface area contributed by atoms with Crippen LogP contribution in [0.4, 0.5) is 4.39 Å². The quantitative estimate of drug-likeness (QED) is 0.634. The van der Waals surface area contributed by atoms with Crippen LogP contribution in [0.2, 0.25) is 0 Å². The molecule has 0 spiro atoms. The molecule has 0 bridgehead atoms. The van der Waals surface area contributed by atoms with Gasteiger partial charge in [0, 0.05) is 16.7 Å². The normalized spacial score (nSPS) is 15.1. The average Bonchev–Trinajstić information content (AvgIpc) is 2.92. The van der Waals surface area contributed by atoms with Gasteiger partial charge in [-0.25, -0.2) is 4.39 Å². The van der Waals surface area contributed by atoms with E-state index in [0.29, 0.717) is 17.7 Å². The van der Waals surface area contributed by atoms with Crippen LogP contribution in [0, 0.1) is 5.82 Å². The van der Waals surface area contributed by atoms with Crippen molar-refractivity contribution in [3.8, 4) is 0 Å². The van der Waals surface area contributed by atoms with Crippen molar-refractivity contribution >= 4 is 17.2 Å². The molecule has 3 heteroatoms. The Hall–Kier alpha value is -3.20. The summed E-state index contributed by atoms with van der Waals surface area (Å²) in [7, 11) is 0. The van der Waals surface area contributed by atoms with Gasteiger partial charge < -0.3 is 4.90 Å². The van der Waals surface area contributed by atoms with Crippen molar-refractivity contribution in [2.75, 3.05) is 0 Å². The van der Waals surface area contributed by atoms with E-state index in [9.17, 15) is 9.18 Å². The fourth-order valence-electron chi connectivity index (χ4n) is 3.81. The van der Waals surface area contributed by atoms with E-state index in [1.165, 1.54) is 12.1 Å². The molecular formula is C22H14FNO. The van der Waals surface area contributed by atoms with Crippen LogP contribution in [0.1, 0.15) is 32.6 Å². The van der Waals surface area contributed by atoms with Crippen LogP contribution in [0.5, 0.6) is 0 Å². The van der Waals surface area contributed by atoms with E-state index in [4.69, 9.17) is 0 Å². The van der Waals surface area contributed by atoms with Crippen LogP contribution in [0.25, 0.3) is 11.3 Å². The number of rotatable bonds is 1. The van der Waals surface area contributed by atoms with Crippen molar-refractivity contribution in [3.05, 3.63) is 106 Å². The predicted octanol–water partition coefficient (Wildman–Crippen LogP) is 4.71. The first-order chi connectivity index (χ1) is 12.2. The average molecular weight is 327 g/mol. The van der Waals surface area contributed by atoms with Crippen LogP contribution >= 0.6 is 0 Å². The van der Waals surface area contributed by atoms with Crippen LogP contribution in [0.15, 0.2) is 72.8 Å². The third-order valence-corrected chi connectivity index (χ3v) is 4.90. The summed E-state index contributed by atoms with van der Waals surface area (Å²) >= 11 is 0. The molecule has 3 aromatic carbocycles. The molecule has 0 atom stereocenters. The Morgan fingerprint density at radius 1 is 0.800 bits per heavy atom. The van der Waals surface area contributed by atoms with Crippen molar-refractivity contribution in [2.45, 2.75) is 6.54 Å².